The van der Waals surface area contributed by atoms with E-state index in [0.29, 0.717) is 12.7 Å². The van der Waals surface area contributed by atoms with Crippen molar-refractivity contribution in [3.63, 3.8) is 0 Å². The van der Waals surface area contributed by atoms with Crippen LogP contribution < -0.4 is 5.32 Å². The van der Waals surface area contributed by atoms with Crippen molar-refractivity contribution >= 4 is 0 Å². The maximum Gasteiger partial charge on any atom is 0.0599 e. The van der Waals surface area contributed by atoms with Gasteiger partial charge in [-0.05, 0) is 32.4 Å². The number of aliphatic hydroxyl groups is 1. The topological polar surface area (TPSA) is 41.5 Å². The van der Waals surface area contributed by atoms with Crippen LogP contribution in [0.1, 0.15) is 19.3 Å². The minimum Gasteiger partial charge on any atom is -0.396 e. The van der Waals surface area contributed by atoms with Gasteiger partial charge < -0.3 is 15.2 Å². The molecular weight excluding hydrogens is 142 g/mol. The average molecular weight is 159 g/mol. The lowest BCUT2D eigenvalue weighted by Crippen LogP contribution is -2.32. The molecule has 0 bridgehead atoms. The molecule has 11 heavy (non-hydrogen) atoms. The first-order chi connectivity index (χ1) is 5.43. The molecule has 0 amide bonds. The minimum atomic E-state index is 0.241. The fourth-order valence-electron chi connectivity index (χ4n) is 1.28. The predicted octanol–water partition coefficient (Wildman–Crippen LogP) is 0.137. The molecule has 0 aromatic carbocycles. The molecule has 66 valence electrons. The Hall–Kier alpha value is -0.120. The molecule has 3 heteroatoms. The van der Waals surface area contributed by atoms with E-state index in [9.17, 15) is 0 Å². The van der Waals surface area contributed by atoms with Gasteiger partial charge in [-0.25, -0.2) is 0 Å². The Morgan fingerprint density at radius 3 is 2.73 bits per heavy atom. The minimum absolute atomic E-state index is 0.241. The van der Waals surface area contributed by atoms with Crippen molar-refractivity contribution in [1.82, 2.24) is 5.32 Å². The highest BCUT2D eigenvalue weighted by molar-refractivity contribution is 4.67. The van der Waals surface area contributed by atoms with Gasteiger partial charge in [-0.1, -0.05) is 0 Å². The summed E-state index contributed by atoms with van der Waals surface area (Å²) in [6.07, 6.45) is 3.43. The Balaban J connectivity index is 1.96. The summed E-state index contributed by atoms with van der Waals surface area (Å²) in [4.78, 5) is 0. The van der Waals surface area contributed by atoms with Gasteiger partial charge in [0.05, 0.1) is 6.10 Å². The van der Waals surface area contributed by atoms with E-state index in [4.69, 9.17) is 9.84 Å². The van der Waals surface area contributed by atoms with Crippen molar-refractivity contribution in [3.8, 4) is 0 Å². The molecule has 0 aromatic heterocycles. The molecule has 2 N–H and O–H groups in total. The fraction of sp³-hybridized carbons (Fsp3) is 1.00. The van der Waals surface area contributed by atoms with E-state index in [2.05, 4.69) is 5.32 Å². The predicted molar refractivity (Wildman–Crippen MR) is 43.5 cm³/mol. The molecule has 1 fully saturated rings. The summed E-state index contributed by atoms with van der Waals surface area (Å²) in [6, 6.07) is 0. The Labute approximate surface area is 67.7 Å². The van der Waals surface area contributed by atoms with E-state index in [0.717, 1.165) is 32.4 Å². The van der Waals surface area contributed by atoms with Crippen LogP contribution in [0, 0.1) is 0 Å². The number of rotatable bonds is 4. The molecule has 3 nitrogen and oxygen atoms in total. The van der Waals surface area contributed by atoms with Crippen molar-refractivity contribution < 1.29 is 9.84 Å². The SMILES string of the molecule is OCCCOC1CCNCC1. The van der Waals surface area contributed by atoms with E-state index in [1.807, 2.05) is 0 Å². The normalized spacial score (nSPS) is 20.5. The van der Waals surface area contributed by atoms with E-state index >= 15 is 0 Å². The Bertz CT molecular complexity index is 92.1. The second-order valence-corrected chi connectivity index (χ2v) is 2.90. The molecule has 1 heterocycles. The molecule has 0 radical (unpaired) electrons. The first-order valence-electron chi connectivity index (χ1n) is 4.36. The molecule has 0 aliphatic carbocycles. The van der Waals surface area contributed by atoms with Crippen LogP contribution in [-0.4, -0.2) is 37.5 Å². The lowest BCUT2D eigenvalue weighted by atomic mass is 10.1. The van der Waals surface area contributed by atoms with Crippen LogP contribution >= 0.6 is 0 Å². The van der Waals surface area contributed by atoms with Gasteiger partial charge in [0.15, 0.2) is 0 Å². The van der Waals surface area contributed by atoms with E-state index in [-0.39, 0.29) is 6.61 Å². The number of aliphatic hydroxyl groups excluding tert-OH is 1. The van der Waals surface area contributed by atoms with Crippen LogP contribution in [0.4, 0.5) is 0 Å². The second-order valence-electron chi connectivity index (χ2n) is 2.90. The van der Waals surface area contributed by atoms with Crippen LogP contribution in [0.2, 0.25) is 0 Å². The molecule has 1 rings (SSSR count). The first kappa shape index (κ1) is 8.97. The van der Waals surface area contributed by atoms with Crippen LogP contribution in [-0.2, 0) is 4.74 Å². The van der Waals surface area contributed by atoms with Gasteiger partial charge in [-0.15, -0.1) is 0 Å². The van der Waals surface area contributed by atoms with Gasteiger partial charge in [0.1, 0.15) is 0 Å². The summed E-state index contributed by atoms with van der Waals surface area (Å²) < 4.78 is 5.52. The summed E-state index contributed by atoms with van der Waals surface area (Å²) >= 11 is 0. The molecule has 0 atom stereocenters. The van der Waals surface area contributed by atoms with Crippen LogP contribution in [0.5, 0.6) is 0 Å². The summed E-state index contributed by atoms with van der Waals surface area (Å²) in [5, 5.41) is 11.8. The van der Waals surface area contributed by atoms with Gasteiger partial charge in [0, 0.05) is 13.2 Å². The maximum absolute atomic E-state index is 8.50. The molecular formula is C8H17NO2. The highest BCUT2D eigenvalue weighted by Crippen LogP contribution is 2.06. The van der Waals surface area contributed by atoms with Crippen molar-refractivity contribution in [3.05, 3.63) is 0 Å². The smallest absolute Gasteiger partial charge is 0.0599 e. The zero-order valence-corrected chi connectivity index (χ0v) is 6.88. The van der Waals surface area contributed by atoms with E-state index in [1.54, 1.807) is 0 Å². The van der Waals surface area contributed by atoms with Gasteiger partial charge in [-0.3, -0.25) is 0 Å². The highest BCUT2D eigenvalue weighted by Gasteiger charge is 2.11. The standard InChI is InChI=1S/C8H17NO2/c10-6-1-7-11-8-2-4-9-5-3-8/h8-10H,1-7H2. The van der Waals surface area contributed by atoms with Crippen molar-refractivity contribution in [2.24, 2.45) is 0 Å². The summed E-state index contributed by atoms with van der Waals surface area (Å²) in [7, 11) is 0. The third kappa shape index (κ3) is 3.70. The second kappa shape index (κ2) is 5.52. The number of hydrogen-bond acceptors (Lipinski definition) is 3. The maximum atomic E-state index is 8.50. The van der Waals surface area contributed by atoms with Gasteiger partial charge in [0.2, 0.25) is 0 Å². The van der Waals surface area contributed by atoms with E-state index in [1.165, 1.54) is 0 Å². The zero-order valence-electron chi connectivity index (χ0n) is 6.88. The Morgan fingerprint density at radius 2 is 2.09 bits per heavy atom. The number of ether oxygens (including phenoxy) is 1. The van der Waals surface area contributed by atoms with Gasteiger partial charge >= 0.3 is 0 Å². The monoisotopic (exact) mass is 159 g/mol. The molecule has 0 spiro atoms. The highest BCUT2D eigenvalue weighted by atomic mass is 16.5. The molecule has 0 saturated carbocycles. The largest absolute Gasteiger partial charge is 0.396 e. The van der Waals surface area contributed by atoms with Crippen molar-refractivity contribution in [2.45, 2.75) is 25.4 Å². The quantitative estimate of drug-likeness (QED) is 0.573. The summed E-state index contributed by atoms with van der Waals surface area (Å²) in [5.41, 5.74) is 0. The van der Waals surface area contributed by atoms with Gasteiger partial charge in [0.25, 0.3) is 0 Å². The summed E-state index contributed by atoms with van der Waals surface area (Å²) in [5.74, 6) is 0. The summed E-state index contributed by atoms with van der Waals surface area (Å²) in [6.45, 7) is 3.10. The molecule has 1 aliphatic heterocycles. The van der Waals surface area contributed by atoms with E-state index < -0.39 is 0 Å². The Kier molecular flexibility index (Phi) is 4.50. The van der Waals surface area contributed by atoms with Crippen molar-refractivity contribution in [2.75, 3.05) is 26.3 Å². The molecule has 1 saturated heterocycles. The Morgan fingerprint density at radius 1 is 1.36 bits per heavy atom. The fourth-order valence-corrected chi connectivity index (χ4v) is 1.28. The van der Waals surface area contributed by atoms with Crippen molar-refractivity contribution in [1.29, 1.82) is 0 Å². The number of hydrogen-bond donors (Lipinski definition) is 2. The third-order valence-electron chi connectivity index (χ3n) is 1.94. The van der Waals surface area contributed by atoms with Crippen LogP contribution in [0.3, 0.4) is 0 Å². The number of nitrogens with one attached hydrogen (secondary N) is 1. The lowest BCUT2D eigenvalue weighted by Gasteiger charge is -2.22. The van der Waals surface area contributed by atoms with Crippen LogP contribution in [0.15, 0.2) is 0 Å². The molecule has 1 aliphatic rings. The van der Waals surface area contributed by atoms with Crippen LogP contribution in [0.25, 0.3) is 0 Å². The third-order valence-corrected chi connectivity index (χ3v) is 1.94. The molecule has 0 unspecified atom stereocenters. The average Bonchev–Trinajstić information content (AvgIpc) is 2.07. The van der Waals surface area contributed by atoms with Gasteiger partial charge in [-0.2, -0.15) is 0 Å². The molecule has 0 aromatic rings. The zero-order chi connectivity index (χ0) is 7.94. The lowest BCUT2D eigenvalue weighted by molar-refractivity contribution is 0.0256. The first-order valence-corrected chi connectivity index (χ1v) is 4.36. The number of piperidine rings is 1.